The van der Waals surface area contributed by atoms with Crippen LogP contribution in [0.15, 0.2) is 42.5 Å². The molecule has 4 nitrogen and oxygen atoms in total. The van der Waals surface area contributed by atoms with Crippen molar-refractivity contribution in [2.45, 2.75) is 20.1 Å². The first-order valence-corrected chi connectivity index (χ1v) is 6.68. The molecule has 2 aromatic carbocycles. The number of aliphatic hydroxyl groups excluding tert-OH is 1. The molecule has 0 unspecified atom stereocenters. The molecule has 0 aromatic heterocycles. The van der Waals surface area contributed by atoms with E-state index in [4.69, 9.17) is 15.6 Å². The van der Waals surface area contributed by atoms with Gasteiger partial charge in [0.1, 0.15) is 5.75 Å². The maximum atomic E-state index is 9.13. The Morgan fingerprint density at radius 2 is 1.90 bits per heavy atom. The van der Waals surface area contributed by atoms with Gasteiger partial charge in [-0.25, -0.2) is 0 Å². The summed E-state index contributed by atoms with van der Waals surface area (Å²) in [6, 6.07) is 13.5. The fraction of sp³-hybridized carbons (Fsp3) is 0.250. The number of nitrogens with one attached hydrogen (secondary N) is 1. The zero-order valence-corrected chi connectivity index (χ0v) is 11.6. The van der Waals surface area contributed by atoms with Crippen molar-refractivity contribution in [2.24, 2.45) is 0 Å². The largest absolute Gasteiger partial charge is 0.492 e. The topological polar surface area (TPSA) is 67.5 Å². The molecule has 0 aliphatic rings. The minimum atomic E-state index is 0.0514. The molecule has 0 aliphatic heterocycles. The first-order valence-electron chi connectivity index (χ1n) is 6.68. The third-order valence-electron chi connectivity index (χ3n) is 3.02. The number of rotatable bonds is 6. The summed E-state index contributed by atoms with van der Waals surface area (Å²) in [7, 11) is 0. The average molecular weight is 272 g/mol. The third kappa shape index (κ3) is 3.42. The zero-order chi connectivity index (χ0) is 14.4. The van der Waals surface area contributed by atoms with Crippen molar-refractivity contribution in [3.63, 3.8) is 0 Å². The van der Waals surface area contributed by atoms with Gasteiger partial charge in [0.05, 0.1) is 24.6 Å². The monoisotopic (exact) mass is 272 g/mol. The number of benzene rings is 2. The van der Waals surface area contributed by atoms with E-state index in [-0.39, 0.29) is 6.61 Å². The number of aliphatic hydroxyl groups is 1. The molecule has 0 aliphatic carbocycles. The molecule has 2 rings (SSSR count). The molecule has 106 valence electrons. The van der Waals surface area contributed by atoms with Crippen LogP contribution in [0, 0.1) is 0 Å². The van der Waals surface area contributed by atoms with E-state index in [9.17, 15) is 0 Å². The lowest BCUT2D eigenvalue weighted by Gasteiger charge is -2.13. The van der Waals surface area contributed by atoms with Crippen molar-refractivity contribution in [1.29, 1.82) is 0 Å². The van der Waals surface area contributed by atoms with Gasteiger partial charge in [0.25, 0.3) is 0 Å². The highest BCUT2D eigenvalue weighted by molar-refractivity contribution is 5.72. The number of hydrogen-bond acceptors (Lipinski definition) is 4. The highest BCUT2D eigenvalue weighted by atomic mass is 16.5. The zero-order valence-electron chi connectivity index (χ0n) is 11.6. The van der Waals surface area contributed by atoms with Crippen LogP contribution in [0.4, 0.5) is 11.4 Å². The number of para-hydroxylation sites is 1. The van der Waals surface area contributed by atoms with Crippen LogP contribution >= 0.6 is 0 Å². The molecule has 0 spiro atoms. The number of nitrogen functional groups attached to an aromatic ring is 1. The van der Waals surface area contributed by atoms with E-state index in [1.54, 1.807) is 0 Å². The summed E-state index contributed by atoms with van der Waals surface area (Å²) in [4.78, 5) is 0. The van der Waals surface area contributed by atoms with Crippen molar-refractivity contribution < 1.29 is 9.84 Å². The van der Waals surface area contributed by atoms with E-state index >= 15 is 0 Å². The maximum absolute atomic E-state index is 9.13. The molecule has 20 heavy (non-hydrogen) atoms. The van der Waals surface area contributed by atoms with Gasteiger partial charge in [-0.05, 0) is 30.2 Å². The quantitative estimate of drug-likeness (QED) is 0.707. The SMILES string of the molecule is CCOc1cccc(NCc2cccc(CO)c2)c1N. The van der Waals surface area contributed by atoms with Gasteiger partial charge in [0, 0.05) is 6.54 Å². The molecule has 0 atom stereocenters. The molecule has 0 saturated carbocycles. The third-order valence-corrected chi connectivity index (χ3v) is 3.02. The molecule has 0 saturated heterocycles. The van der Waals surface area contributed by atoms with Crippen molar-refractivity contribution in [2.75, 3.05) is 17.7 Å². The van der Waals surface area contributed by atoms with Gasteiger partial charge in [0.2, 0.25) is 0 Å². The lowest BCUT2D eigenvalue weighted by Crippen LogP contribution is -2.05. The highest BCUT2D eigenvalue weighted by Gasteiger charge is 2.05. The van der Waals surface area contributed by atoms with Gasteiger partial charge in [-0.15, -0.1) is 0 Å². The summed E-state index contributed by atoms with van der Waals surface area (Å²) in [5.74, 6) is 0.696. The summed E-state index contributed by atoms with van der Waals surface area (Å²) >= 11 is 0. The van der Waals surface area contributed by atoms with E-state index in [1.165, 1.54) is 0 Å². The Kier molecular flexibility index (Phi) is 4.85. The summed E-state index contributed by atoms with van der Waals surface area (Å²) in [5.41, 5.74) is 9.53. The summed E-state index contributed by atoms with van der Waals surface area (Å²) in [5, 5.41) is 12.4. The van der Waals surface area contributed by atoms with E-state index < -0.39 is 0 Å². The summed E-state index contributed by atoms with van der Waals surface area (Å²) in [6.45, 7) is 3.22. The van der Waals surface area contributed by atoms with Crippen LogP contribution in [0.25, 0.3) is 0 Å². The molecule has 0 amide bonds. The Morgan fingerprint density at radius 3 is 2.65 bits per heavy atom. The van der Waals surface area contributed by atoms with Crippen molar-refractivity contribution >= 4 is 11.4 Å². The normalized spacial score (nSPS) is 10.3. The van der Waals surface area contributed by atoms with Gasteiger partial charge >= 0.3 is 0 Å². The van der Waals surface area contributed by atoms with E-state index in [0.717, 1.165) is 16.8 Å². The van der Waals surface area contributed by atoms with Crippen LogP contribution in [-0.4, -0.2) is 11.7 Å². The number of nitrogens with two attached hydrogens (primary N) is 1. The van der Waals surface area contributed by atoms with Gasteiger partial charge < -0.3 is 20.9 Å². The van der Waals surface area contributed by atoms with E-state index in [1.807, 2.05) is 49.4 Å². The van der Waals surface area contributed by atoms with Crippen LogP contribution in [-0.2, 0) is 13.2 Å². The lowest BCUT2D eigenvalue weighted by atomic mass is 10.1. The van der Waals surface area contributed by atoms with Crippen molar-refractivity contribution in [1.82, 2.24) is 0 Å². The Labute approximate surface area is 119 Å². The predicted octanol–water partition coefficient (Wildman–Crippen LogP) is 2.77. The van der Waals surface area contributed by atoms with Gasteiger partial charge in [0.15, 0.2) is 0 Å². The minimum Gasteiger partial charge on any atom is -0.492 e. The fourth-order valence-corrected chi connectivity index (χ4v) is 2.01. The number of anilines is 2. The minimum absolute atomic E-state index is 0.0514. The smallest absolute Gasteiger partial charge is 0.144 e. The van der Waals surface area contributed by atoms with Crippen LogP contribution in [0.1, 0.15) is 18.1 Å². The molecular formula is C16H20N2O2. The molecule has 4 heteroatoms. The Morgan fingerprint density at radius 1 is 1.15 bits per heavy atom. The summed E-state index contributed by atoms with van der Waals surface area (Å²) < 4.78 is 5.47. The lowest BCUT2D eigenvalue weighted by molar-refractivity contribution is 0.281. The Balaban J connectivity index is 2.08. The highest BCUT2D eigenvalue weighted by Crippen LogP contribution is 2.29. The second-order valence-corrected chi connectivity index (χ2v) is 4.48. The predicted molar refractivity (Wildman–Crippen MR) is 81.7 cm³/mol. The van der Waals surface area contributed by atoms with Crippen LogP contribution in [0.5, 0.6) is 5.75 Å². The first kappa shape index (κ1) is 14.2. The van der Waals surface area contributed by atoms with Crippen molar-refractivity contribution in [3.8, 4) is 5.75 Å². The maximum Gasteiger partial charge on any atom is 0.144 e. The second-order valence-electron chi connectivity index (χ2n) is 4.48. The average Bonchev–Trinajstić information content (AvgIpc) is 2.48. The van der Waals surface area contributed by atoms with Crippen LogP contribution in [0.3, 0.4) is 0 Å². The van der Waals surface area contributed by atoms with Crippen molar-refractivity contribution in [3.05, 3.63) is 53.6 Å². The molecule has 0 radical (unpaired) electrons. The Hall–Kier alpha value is -2.20. The summed E-state index contributed by atoms with van der Waals surface area (Å²) in [6.07, 6.45) is 0. The van der Waals surface area contributed by atoms with Gasteiger partial charge in [-0.3, -0.25) is 0 Å². The molecular weight excluding hydrogens is 252 g/mol. The number of hydrogen-bond donors (Lipinski definition) is 3. The van der Waals surface area contributed by atoms with Gasteiger partial charge in [-0.1, -0.05) is 30.3 Å². The van der Waals surface area contributed by atoms with E-state index in [0.29, 0.717) is 24.6 Å². The molecule has 0 fully saturated rings. The van der Waals surface area contributed by atoms with Crippen LogP contribution < -0.4 is 15.8 Å². The van der Waals surface area contributed by atoms with Crippen LogP contribution in [0.2, 0.25) is 0 Å². The molecule has 0 bridgehead atoms. The standard InChI is InChI=1S/C16H20N2O2/c1-2-20-15-8-4-7-14(16(15)17)18-10-12-5-3-6-13(9-12)11-19/h3-9,18-19H,2,10-11,17H2,1H3. The Bertz CT molecular complexity index is 570. The fourth-order valence-electron chi connectivity index (χ4n) is 2.01. The first-order chi connectivity index (χ1) is 9.74. The molecule has 4 N–H and O–H groups in total. The molecule has 2 aromatic rings. The second kappa shape index (κ2) is 6.82. The van der Waals surface area contributed by atoms with E-state index in [2.05, 4.69) is 5.32 Å². The number of ether oxygens (including phenoxy) is 1. The molecule has 0 heterocycles. The van der Waals surface area contributed by atoms with Gasteiger partial charge in [-0.2, -0.15) is 0 Å².